The van der Waals surface area contributed by atoms with Gasteiger partial charge in [0, 0.05) is 0 Å². The van der Waals surface area contributed by atoms with Crippen molar-refractivity contribution in [2.24, 2.45) is 0 Å². The van der Waals surface area contributed by atoms with Crippen molar-refractivity contribution in [3.05, 3.63) is 0 Å². The fourth-order valence-corrected chi connectivity index (χ4v) is 1.60. The summed E-state index contributed by atoms with van der Waals surface area (Å²) in [5.41, 5.74) is -5.86. The Bertz CT molecular complexity index is 352. The van der Waals surface area contributed by atoms with Gasteiger partial charge in [-0.1, -0.05) is 8.01 Å². The molecule has 0 heterocycles. The Labute approximate surface area is 70.9 Å². The van der Waals surface area contributed by atoms with Crippen molar-refractivity contribution < 1.29 is 33.9 Å². The molecule has 0 aromatic heterocycles. The minimum absolute atomic E-state index is 0. The van der Waals surface area contributed by atoms with E-state index in [0.717, 1.165) is 0 Å². The van der Waals surface area contributed by atoms with Gasteiger partial charge in [-0.2, -0.15) is 21.6 Å². The summed E-state index contributed by atoms with van der Waals surface area (Å²) >= 11 is 0. The first-order chi connectivity index (χ1) is 4.96. The summed E-state index contributed by atoms with van der Waals surface area (Å²) in [5, 5.41) is 0. The molecule has 0 aromatic carbocycles. The van der Waals surface area contributed by atoms with E-state index < -0.39 is 25.9 Å². The Balaban J connectivity index is 0. The molecule has 0 saturated heterocycles. The fourth-order valence-electron chi connectivity index (χ4n) is 0.178. The third kappa shape index (κ3) is 4.97. The first kappa shape index (κ1) is 15.0. The zero-order valence-corrected chi connectivity index (χ0v) is 7.30. The van der Waals surface area contributed by atoms with Gasteiger partial charge in [0.2, 0.25) is 0 Å². The number of alkyl halides is 3. The number of halogens is 4. The lowest BCUT2D eigenvalue weighted by Gasteiger charge is -2.04. The number of sulfonamides is 1. The van der Waals surface area contributed by atoms with Crippen LogP contribution in [0.2, 0.25) is 0 Å². The van der Waals surface area contributed by atoms with E-state index >= 15 is 0 Å². The Morgan fingerprint density at radius 2 is 1.31 bits per heavy atom. The SMILES string of the molecule is N.O=S(=O)(F)NS(=O)(=O)C(F)(F)F. The first-order valence-electron chi connectivity index (χ1n) is 2.00. The molecule has 0 aliphatic rings. The largest absolute Gasteiger partial charge is 0.512 e. The first-order valence-corrected chi connectivity index (χ1v) is 4.87. The van der Waals surface area contributed by atoms with E-state index in [4.69, 9.17) is 0 Å². The molecular weight excluding hydrogens is 244 g/mol. The molecule has 12 heteroatoms. The topological polar surface area (TPSA) is 115 Å². The minimum Gasteiger partial charge on any atom is -0.344 e. The maximum absolute atomic E-state index is 11.4. The summed E-state index contributed by atoms with van der Waals surface area (Å²) in [6, 6.07) is 0. The second-order valence-electron chi connectivity index (χ2n) is 1.47. The smallest absolute Gasteiger partial charge is 0.344 e. The molecule has 0 amide bonds. The van der Waals surface area contributed by atoms with Crippen LogP contribution in [0, 0.1) is 0 Å². The van der Waals surface area contributed by atoms with Crippen LogP contribution in [0.1, 0.15) is 0 Å². The fraction of sp³-hybridized carbons (Fsp3) is 1.00. The highest BCUT2D eigenvalue weighted by molar-refractivity contribution is 8.03. The molecular formula is CH4F4N2O4S2. The van der Waals surface area contributed by atoms with Crippen molar-refractivity contribution in [2.45, 2.75) is 5.51 Å². The van der Waals surface area contributed by atoms with Gasteiger partial charge in [0.1, 0.15) is 0 Å². The second kappa shape index (κ2) is 3.73. The average molecular weight is 248 g/mol. The highest BCUT2D eigenvalue weighted by atomic mass is 32.3. The van der Waals surface area contributed by atoms with E-state index in [1.807, 2.05) is 0 Å². The third-order valence-corrected chi connectivity index (χ3v) is 2.80. The van der Waals surface area contributed by atoms with Gasteiger partial charge in [-0.3, -0.25) is 0 Å². The Morgan fingerprint density at radius 1 is 1.00 bits per heavy atom. The van der Waals surface area contributed by atoms with Crippen molar-refractivity contribution >= 4 is 20.4 Å². The molecule has 82 valence electrons. The van der Waals surface area contributed by atoms with E-state index in [2.05, 4.69) is 0 Å². The maximum atomic E-state index is 11.4. The monoisotopic (exact) mass is 248 g/mol. The summed E-state index contributed by atoms with van der Waals surface area (Å²) < 4.78 is 83.5. The van der Waals surface area contributed by atoms with Crippen molar-refractivity contribution in [1.82, 2.24) is 10.3 Å². The minimum atomic E-state index is -6.17. The molecule has 0 bridgehead atoms. The maximum Gasteiger partial charge on any atom is 0.512 e. The number of nitrogens with one attached hydrogen (secondary N) is 1. The summed E-state index contributed by atoms with van der Waals surface area (Å²) in [6.07, 6.45) is 0. The lowest BCUT2D eigenvalue weighted by atomic mass is 11.6. The van der Waals surface area contributed by atoms with Crippen LogP contribution in [0.3, 0.4) is 0 Å². The molecule has 0 rings (SSSR count). The molecule has 0 radical (unpaired) electrons. The summed E-state index contributed by atoms with van der Waals surface area (Å²) in [6.45, 7) is 0. The zero-order valence-electron chi connectivity index (χ0n) is 5.67. The van der Waals surface area contributed by atoms with Gasteiger partial charge in [0.15, 0.2) is 0 Å². The third-order valence-electron chi connectivity index (χ3n) is 0.514. The summed E-state index contributed by atoms with van der Waals surface area (Å²) in [4.78, 5) is 0. The van der Waals surface area contributed by atoms with E-state index in [9.17, 15) is 33.9 Å². The number of rotatable bonds is 2. The van der Waals surface area contributed by atoms with Gasteiger partial charge < -0.3 is 6.15 Å². The molecule has 0 aromatic rings. The highest BCUT2D eigenvalue weighted by Gasteiger charge is 2.48. The van der Waals surface area contributed by atoms with Gasteiger partial charge >= 0.3 is 25.9 Å². The van der Waals surface area contributed by atoms with Gasteiger partial charge in [-0.05, 0) is 0 Å². The molecule has 0 atom stereocenters. The lowest BCUT2D eigenvalue weighted by Crippen LogP contribution is -2.38. The van der Waals surface area contributed by atoms with Crippen molar-refractivity contribution in [2.75, 3.05) is 0 Å². The van der Waals surface area contributed by atoms with Crippen LogP contribution in [-0.2, 0) is 20.4 Å². The van der Waals surface area contributed by atoms with Crippen LogP contribution >= 0.6 is 0 Å². The second-order valence-corrected chi connectivity index (χ2v) is 4.48. The predicted octanol–water partition coefficient (Wildman–Crippen LogP) is -0.198. The highest BCUT2D eigenvalue weighted by Crippen LogP contribution is 2.22. The number of hydrogen-bond donors (Lipinski definition) is 2. The van der Waals surface area contributed by atoms with Crippen LogP contribution in [0.5, 0.6) is 0 Å². The summed E-state index contributed by atoms with van der Waals surface area (Å²) in [7, 11) is -12.1. The molecule has 0 saturated carbocycles. The van der Waals surface area contributed by atoms with Crippen LogP contribution in [0.4, 0.5) is 17.1 Å². The van der Waals surface area contributed by atoms with E-state index in [1.165, 1.54) is 0 Å². The van der Waals surface area contributed by atoms with Gasteiger partial charge in [0.05, 0.1) is 0 Å². The molecule has 0 aliphatic carbocycles. The molecule has 0 spiro atoms. The van der Waals surface area contributed by atoms with E-state index in [-0.39, 0.29) is 10.3 Å². The van der Waals surface area contributed by atoms with Crippen LogP contribution in [0.25, 0.3) is 0 Å². The normalized spacial score (nSPS) is 13.5. The van der Waals surface area contributed by atoms with Gasteiger partial charge in [-0.25, -0.2) is 8.42 Å². The number of hydrogen-bond acceptors (Lipinski definition) is 5. The van der Waals surface area contributed by atoms with Crippen LogP contribution in [0.15, 0.2) is 0 Å². The van der Waals surface area contributed by atoms with Crippen molar-refractivity contribution in [3.63, 3.8) is 0 Å². The van der Waals surface area contributed by atoms with Crippen LogP contribution in [-0.4, -0.2) is 22.3 Å². The average Bonchev–Trinajstić information content (AvgIpc) is 1.52. The molecule has 0 aliphatic heterocycles. The standard InChI is InChI=1S/CHF4NO4S2.H3N/c2-1(3,4)11(7,8)6-12(5,9)10;/h6H;1H3. The molecule has 13 heavy (non-hydrogen) atoms. The molecule has 0 unspecified atom stereocenters. The Hall–Kier alpha value is -0.460. The van der Waals surface area contributed by atoms with Crippen molar-refractivity contribution in [3.8, 4) is 0 Å². The van der Waals surface area contributed by atoms with Crippen molar-refractivity contribution in [1.29, 1.82) is 0 Å². The van der Waals surface area contributed by atoms with Crippen LogP contribution < -0.4 is 10.3 Å². The predicted molar refractivity (Wildman–Crippen MR) is 33.2 cm³/mol. The van der Waals surface area contributed by atoms with Gasteiger partial charge in [0.25, 0.3) is 0 Å². The molecule has 0 fully saturated rings. The quantitative estimate of drug-likeness (QED) is 0.518. The lowest BCUT2D eigenvalue weighted by molar-refractivity contribution is -0.0441. The zero-order chi connectivity index (χ0) is 10.2. The summed E-state index contributed by atoms with van der Waals surface area (Å²) in [5.74, 6) is 0. The molecule has 6 nitrogen and oxygen atoms in total. The van der Waals surface area contributed by atoms with Gasteiger partial charge in [-0.15, -0.1) is 0 Å². The van der Waals surface area contributed by atoms with E-state index in [0.29, 0.717) is 0 Å². The van der Waals surface area contributed by atoms with E-state index in [1.54, 1.807) is 0 Å². The Kier molecular flexibility index (Phi) is 4.31. The Morgan fingerprint density at radius 3 is 1.38 bits per heavy atom. The molecule has 4 N–H and O–H groups in total.